The number of benzene rings is 3. The summed E-state index contributed by atoms with van der Waals surface area (Å²) in [5.41, 5.74) is -0.852. The molecule has 2 amide bonds. The van der Waals surface area contributed by atoms with E-state index < -0.39 is 46.2 Å². The summed E-state index contributed by atoms with van der Waals surface area (Å²) in [7, 11) is -4.50. The minimum absolute atomic E-state index is 0.101. The molecule has 0 bridgehead atoms. The van der Waals surface area contributed by atoms with Crippen molar-refractivity contribution < 1.29 is 31.2 Å². The molecule has 3 aromatic rings. The molecule has 2 atom stereocenters. The Kier molecular flexibility index (Phi) is 10.4. The molecule has 0 aliphatic rings. The number of sulfonamides is 1. The zero-order valence-corrected chi connectivity index (χ0v) is 24.3. The van der Waals surface area contributed by atoms with Gasteiger partial charge in [0.15, 0.2) is 0 Å². The highest BCUT2D eigenvalue weighted by atomic mass is 35.5. The van der Waals surface area contributed by atoms with Gasteiger partial charge in [-0.3, -0.25) is 13.9 Å². The van der Waals surface area contributed by atoms with Crippen LogP contribution in [-0.4, -0.2) is 43.8 Å². The van der Waals surface area contributed by atoms with Crippen molar-refractivity contribution in [1.82, 2.24) is 10.2 Å². The Morgan fingerprint density at radius 2 is 1.61 bits per heavy atom. The molecule has 0 radical (unpaired) electrons. The van der Waals surface area contributed by atoms with Gasteiger partial charge in [0.05, 0.1) is 16.1 Å². The van der Waals surface area contributed by atoms with Crippen molar-refractivity contribution in [3.8, 4) is 0 Å². The van der Waals surface area contributed by atoms with Crippen molar-refractivity contribution in [3.63, 3.8) is 0 Å². The number of carbonyl (C=O) groups is 2. The number of carbonyl (C=O) groups excluding carboxylic acids is 2. The lowest BCUT2D eigenvalue weighted by Crippen LogP contribution is -2.52. The molecule has 0 unspecified atom stereocenters. The molecule has 12 heteroatoms. The molecule has 1 N–H and O–H groups in total. The number of nitrogens with one attached hydrogen (secondary N) is 1. The third-order valence-electron chi connectivity index (χ3n) is 6.48. The second kappa shape index (κ2) is 13.4. The predicted molar refractivity (Wildman–Crippen MR) is 152 cm³/mol. The first-order valence-corrected chi connectivity index (χ1v) is 14.6. The van der Waals surface area contributed by atoms with Crippen LogP contribution in [0.2, 0.25) is 5.02 Å². The van der Waals surface area contributed by atoms with Crippen LogP contribution in [0.4, 0.5) is 18.9 Å². The van der Waals surface area contributed by atoms with E-state index in [9.17, 15) is 31.2 Å². The number of hydrogen-bond acceptors (Lipinski definition) is 4. The van der Waals surface area contributed by atoms with Crippen molar-refractivity contribution in [2.45, 2.75) is 56.9 Å². The summed E-state index contributed by atoms with van der Waals surface area (Å²) in [6.45, 7) is 4.22. The van der Waals surface area contributed by atoms with Gasteiger partial charge in [-0.2, -0.15) is 13.2 Å². The van der Waals surface area contributed by atoms with E-state index in [-0.39, 0.29) is 23.2 Å². The predicted octanol–water partition coefficient (Wildman–Crippen LogP) is 5.89. The van der Waals surface area contributed by atoms with E-state index in [0.29, 0.717) is 27.4 Å². The monoisotopic (exact) mass is 609 g/mol. The Balaban J connectivity index is 2.08. The maximum atomic E-state index is 13.9. The van der Waals surface area contributed by atoms with Gasteiger partial charge in [0.2, 0.25) is 11.8 Å². The normalized spacial score (nSPS) is 13.2. The second-order valence-corrected chi connectivity index (χ2v) is 11.8. The highest BCUT2D eigenvalue weighted by Gasteiger charge is 2.35. The summed E-state index contributed by atoms with van der Waals surface area (Å²) in [6, 6.07) is 16.2. The van der Waals surface area contributed by atoms with Crippen LogP contribution >= 0.6 is 11.6 Å². The Morgan fingerprint density at radius 3 is 2.22 bits per heavy atom. The van der Waals surface area contributed by atoms with Gasteiger partial charge < -0.3 is 10.2 Å². The van der Waals surface area contributed by atoms with Crippen molar-refractivity contribution in [2.24, 2.45) is 0 Å². The largest absolute Gasteiger partial charge is 0.416 e. The smallest absolute Gasteiger partial charge is 0.352 e. The van der Waals surface area contributed by atoms with Crippen LogP contribution in [0.3, 0.4) is 0 Å². The van der Waals surface area contributed by atoms with Crippen LogP contribution in [0.1, 0.15) is 38.3 Å². The highest BCUT2D eigenvalue weighted by Crippen LogP contribution is 2.33. The number of halogens is 4. The van der Waals surface area contributed by atoms with Gasteiger partial charge in [-0.1, -0.05) is 54.9 Å². The van der Waals surface area contributed by atoms with Gasteiger partial charge in [0.25, 0.3) is 10.0 Å². The molecule has 0 saturated carbocycles. The fourth-order valence-electron chi connectivity index (χ4n) is 3.97. The summed E-state index contributed by atoms with van der Waals surface area (Å²) in [6.07, 6.45) is -4.11. The zero-order chi connectivity index (χ0) is 30.4. The van der Waals surface area contributed by atoms with Gasteiger partial charge in [0, 0.05) is 17.6 Å². The average Bonchev–Trinajstić information content (AvgIpc) is 2.94. The first kappa shape index (κ1) is 32.0. The Bertz CT molecular complexity index is 1470. The van der Waals surface area contributed by atoms with Crippen molar-refractivity contribution in [1.29, 1.82) is 0 Å². The molecule has 220 valence electrons. The van der Waals surface area contributed by atoms with Crippen LogP contribution in [-0.2, 0) is 32.3 Å². The number of nitrogens with zero attached hydrogens (tertiary/aromatic N) is 2. The minimum Gasteiger partial charge on any atom is -0.352 e. The van der Waals surface area contributed by atoms with Gasteiger partial charge >= 0.3 is 6.18 Å². The van der Waals surface area contributed by atoms with E-state index in [1.807, 2.05) is 6.92 Å². The van der Waals surface area contributed by atoms with Crippen molar-refractivity contribution >= 4 is 39.1 Å². The molecule has 0 aromatic heterocycles. The summed E-state index contributed by atoms with van der Waals surface area (Å²) in [4.78, 5) is 27.9. The molecule has 3 aromatic carbocycles. The highest BCUT2D eigenvalue weighted by molar-refractivity contribution is 7.92. The van der Waals surface area contributed by atoms with Gasteiger partial charge in [-0.15, -0.1) is 0 Å². The third kappa shape index (κ3) is 8.23. The summed E-state index contributed by atoms with van der Waals surface area (Å²) >= 11 is 6.12. The molecule has 41 heavy (non-hydrogen) atoms. The molecule has 0 saturated heterocycles. The number of amides is 2. The second-order valence-electron chi connectivity index (χ2n) is 9.52. The molecule has 0 heterocycles. The number of anilines is 1. The van der Waals surface area contributed by atoms with Crippen LogP contribution in [0.15, 0.2) is 83.8 Å². The first-order valence-electron chi connectivity index (χ1n) is 12.8. The molecule has 0 fully saturated rings. The molecular formula is C29H31ClF3N3O4S. The molecule has 0 aliphatic carbocycles. The maximum absolute atomic E-state index is 13.9. The van der Waals surface area contributed by atoms with Crippen LogP contribution in [0, 0.1) is 0 Å². The van der Waals surface area contributed by atoms with Crippen LogP contribution < -0.4 is 9.62 Å². The lowest BCUT2D eigenvalue weighted by Gasteiger charge is -2.32. The Hall–Kier alpha value is -3.57. The Morgan fingerprint density at radius 1 is 0.951 bits per heavy atom. The maximum Gasteiger partial charge on any atom is 0.416 e. The van der Waals surface area contributed by atoms with Gasteiger partial charge in [0.1, 0.15) is 12.6 Å². The summed E-state index contributed by atoms with van der Waals surface area (Å²) in [5.74, 6) is -1.26. The average molecular weight is 610 g/mol. The molecule has 0 spiro atoms. The lowest BCUT2D eigenvalue weighted by molar-refractivity contribution is -0.139. The summed E-state index contributed by atoms with van der Waals surface area (Å²) < 4.78 is 68.7. The zero-order valence-electron chi connectivity index (χ0n) is 22.7. The standard InChI is InChI=1S/C29H31ClF3N3O4S/c1-4-20(2)34-28(38)21(3)35(18-22-10-8-12-24(30)16-22)27(37)19-36(41(39,40)26-14-6-5-7-15-26)25-13-9-11-23(17-25)29(31,32)33/h5-17,20-21H,4,18-19H2,1-3H3,(H,34,38)/t20-,21-/m0/s1. The quantitative estimate of drug-likeness (QED) is 0.294. The number of rotatable bonds is 11. The Labute approximate surface area is 243 Å². The van der Waals surface area contributed by atoms with E-state index in [1.165, 1.54) is 42.2 Å². The topological polar surface area (TPSA) is 86.8 Å². The van der Waals surface area contributed by atoms with Crippen LogP contribution in [0.25, 0.3) is 0 Å². The molecular weight excluding hydrogens is 579 g/mol. The molecule has 7 nitrogen and oxygen atoms in total. The number of hydrogen-bond donors (Lipinski definition) is 1. The van der Waals surface area contributed by atoms with Gasteiger partial charge in [-0.25, -0.2) is 8.42 Å². The van der Waals surface area contributed by atoms with Crippen molar-refractivity contribution in [2.75, 3.05) is 10.8 Å². The summed E-state index contributed by atoms with van der Waals surface area (Å²) in [5, 5.41) is 3.20. The van der Waals surface area contributed by atoms with Gasteiger partial charge in [-0.05, 0) is 68.3 Å². The lowest BCUT2D eigenvalue weighted by atomic mass is 10.1. The van der Waals surface area contributed by atoms with Crippen molar-refractivity contribution in [3.05, 3.63) is 95.0 Å². The van der Waals surface area contributed by atoms with Crippen LogP contribution in [0.5, 0.6) is 0 Å². The third-order valence-corrected chi connectivity index (χ3v) is 8.50. The number of alkyl halides is 3. The minimum atomic E-state index is -4.75. The first-order chi connectivity index (χ1) is 19.2. The SMILES string of the molecule is CC[C@H](C)NC(=O)[C@H](C)N(Cc1cccc(Cl)c1)C(=O)CN(c1cccc(C(F)(F)F)c1)S(=O)(=O)c1ccccc1. The van der Waals surface area contributed by atoms with E-state index in [2.05, 4.69) is 5.32 Å². The van der Waals surface area contributed by atoms with E-state index in [1.54, 1.807) is 37.3 Å². The van der Waals surface area contributed by atoms with E-state index in [0.717, 1.165) is 12.1 Å². The fourth-order valence-corrected chi connectivity index (χ4v) is 5.61. The van der Waals surface area contributed by atoms with E-state index in [4.69, 9.17) is 11.6 Å². The fraction of sp³-hybridized carbons (Fsp3) is 0.310. The molecule has 0 aliphatic heterocycles. The van der Waals surface area contributed by atoms with E-state index >= 15 is 0 Å². The molecule has 3 rings (SSSR count).